The van der Waals surface area contributed by atoms with Gasteiger partial charge in [-0.3, -0.25) is 0 Å². The minimum atomic E-state index is 0.553. The predicted octanol–water partition coefficient (Wildman–Crippen LogP) is 33.2. The summed E-state index contributed by atoms with van der Waals surface area (Å²) in [6.07, 6.45) is 0. The normalized spacial score (nSPS) is 11.5. The molecule has 0 saturated carbocycles. The Morgan fingerprint density at radius 3 is 0.687 bits per heavy atom. The molecule has 9 heterocycles. The zero-order valence-corrected chi connectivity index (χ0v) is 79.4. The van der Waals surface area contributed by atoms with Gasteiger partial charge in [0.15, 0.2) is 29.1 Å². The molecular formula is C134H85N13. The van der Waals surface area contributed by atoms with E-state index < -0.39 is 0 Å². The average molecular weight is 1880 g/mol. The Morgan fingerprint density at radius 1 is 0.129 bits per heavy atom. The third kappa shape index (κ3) is 16.1. The van der Waals surface area contributed by atoms with Crippen LogP contribution < -0.4 is 0 Å². The van der Waals surface area contributed by atoms with Crippen LogP contribution in [0.3, 0.4) is 0 Å². The van der Waals surface area contributed by atoms with Crippen molar-refractivity contribution in [2.75, 3.05) is 0 Å². The van der Waals surface area contributed by atoms with Crippen LogP contribution in [0.25, 0.3) is 274 Å². The molecule has 27 aromatic rings. The Bertz CT molecular complexity index is 9640. The molecule has 147 heavy (non-hydrogen) atoms. The molecule has 0 saturated heterocycles. The highest BCUT2D eigenvalue weighted by Crippen LogP contribution is 2.49. The standard InChI is InChI=1S/C134H85N13/c1-11-35-86(36-12-1)114-84-115(87-37-13-2-14-38-87)136-130(135-114)100-69-65-97(66-70-100)126-123(95-51-27-9-28-52-95)129-113-75-73-104(79-109(113)82-120(147(129)144-126)92-45-21-6-22-46-92)102-56-33-58-107(77-102)133-137-116(88-39-15-3-16-40-88)85-117(138-133)89-61-63-96(64-62-89)124-122(94-49-25-8-26-50-94)128-112-76-74-105(80-110(112)83-119(146(128)143-124)91-43-19-5-20-44-91)103-57-34-59-108(78-103)134-140-131(99-53-29-10-30-54-99)139-132(141-134)101-71-67-98(68-72-101)125-121(93-47-23-7-24-48-93)127-111-60-32-31-55-106(111)81-118(145(127)142-125)90-41-17-4-18-42-90/h1-85H. The molecule has 18 aromatic carbocycles. The second-order valence-corrected chi connectivity index (χ2v) is 37.0. The lowest BCUT2D eigenvalue weighted by atomic mass is 9.94. The second kappa shape index (κ2) is 36.9. The third-order valence-electron chi connectivity index (χ3n) is 28.0. The smallest absolute Gasteiger partial charge is 0.164 e. The maximum absolute atomic E-state index is 5.74. The Labute approximate surface area is 847 Å². The van der Waals surface area contributed by atoms with Crippen LogP contribution in [0.2, 0.25) is 0 Å². The van der Waals surface area contributed by atoms with Crippen LogP contribution >= 0.6 is 0 Å². The van der Waals surface area contributed by atoms with Crippen molar-refractivity contribution in [3.63, 3.8) is 0 Å². The molecule has 0 amide bonds. The van der Waals surface area contributed by atoms with Gasteiger partial charge >= 0.3 is 0 Å². The van der Waals surface area contributed by atoms with Crippen LogP contribution in [0.15, 0.2) is 516 Å². The first-order valence-electron chi connectivity index (χ1n) is 49.4. The molecule has 9 aromatic heterocycles. The van der Waals surface area contributed by atoms with Crippen molar-refractivity contribution in [2.24, 2.45) is 0 Å². The van der Waals surface area contributed by atoms with E-state index in [1.54, 1.807) is 0 Å². The zero-order valence-electron chi connectivity index (χ0n) is 79.4. The molecule has 13 nitrogen and oxygen atoms in total. The molecule has 686 valence electrons. The van der Waals surface area contributed by atoms with Gasteiger partial charge < -0.3 is 0 Å². The van der Waals surface area contributed by atoms with E-state index >= 15 is 0 Å². The highest BCUT2D eigenvalue weighted by Gasteiger charge is 2.29. The lowest BCUT2D eigenvalue weighted by molar-refractivity contribution is 0.979. The molecule has 0 unspecified atom stereocenters. The SMILES string of the molecule is c1ccc(-c2cc(-c3ccccc3)nc(-c3ccc(-c4nn5c(-c6ccccc6)cc6cc(-c7cccc(-c8nc(-c9ccccc9)cc(-c9ccc(-c%10nn%11c(-c%12ccccc%12)cc%12cc(-c%13cccc(-c%14nc(-c%15ccccc%15)nc(-c%15ccc(-c%16nn%17c(-c%18ccccc%18)cc%18ccccc%18c%17c%16-c%16ccccc%16)cc%15)n%14)c%13)ccc%12c%11c%10-c%10ccccc%10)cc9)n8)c7)ccc6c5c4-c4ccccc4)cc3)n2)cc1. The number of pyridine rings is 3. The predicted molar refractivity (Wildman–Crippen MR) is 598 cm³/mol. The van der Waals surface area contributed by atoms with E-state index in [2.05, 4.69) is 469 Å². The minimum absolute atomic E-state index is 0.553. The van der Waals surface area contributed by atoms with Crippen molar-refractivity contribution in [3.8, 4) is 225 Å². The Hall–Kier alpha value is -20.0. The van der Waals surface area contributed by atoms with E-state index in [0.29, 0.717) is 29.1 Å². The summed E-state index contributed by atoms with van der Waals surface area (Å²) < 4.78 is 6.44. The van der Waals surface area contributed by atoms with Crippen LogP contribution in [-0.2, 0) is 0 Å². The fourth-order valence-electron chi connectivity index (χ4n) is 20.8. The van der Waals surface area contributed by atoms with Crippen molar-refractivity contribution in [1.29, 1.82) is 0 Å². The summed E-state index contributed by atoms with van der Waals surface area (Å²) in [6.45, 7) is 0. The summed E-state index contributed by atoms with van der Waals surface area (Å²) in [4.78, 5) is 37.2. The molecule has 13 heteroatoms. The second-order valence-electron chi connectivity index (χ2n) is 37.0. The van der Waals surface area contributed by atoms with Crippen molar-refractivity contribution in [3.05, 3.63) is 516 Å². The number of hydrogen-bond donors (Lipinski definition) is 0. The quantitative estimate of drug-likeness (QED) is 0.0724. The zero-order chi connectivity index (χ0) is 97.2. The van der Waals surface area contributed by atoms with E-state index in [-0.39, 0.29) is 0 Å². The van der Waals surface area contributed by atoms with Crippen LogP contribution in [0.5, 0.6) is 0 Å². The molecule has 0 N–H and O–H groups in total. The highest BCUT2D eigenvalue weighted by molar-refractivity contribution is 6.13. The number of rotatable bonds is 20. The van der Waals surface area contributed by atoms with Gasteiger partial charge in [-0.1, -0.05) is 461 Å². The van der Waals surface area contributed by atoms with Crippen LogP contribution in [-0.4, -0.2) is 63.7 Å². The van der Waals surface area contributed by atoms with Gasteiger partial charge in [-0.2, -0.15) is 15.3 Å². The Morgan fingerprint density at radius 2 is 0.347 bits per heavy atom. The van der Waals surface area contributed by atoms with Gasteiger partial charge in [-0.15, -0.1) is 0 Å². The molecule has 0 fully saturated rings. The molecule has 0 atom stereocenters. The molecule has 0 aliphatic carbocycles. The van der Waals surface area contributed by atoms with Gasteiger partial charge in [0.1, 0.15) is 17.1 Å². The Balaban J connectivity index is 0.528. The summed E-state index contributed by atoms with van der Waals surface area (Å²) in [6, 6.07) is 181. The number of nitrogens with zero attached hydrogens (tertiary/aromatic N) is 13. The maximum Gasteiger partial charge on any atom is 0.164 e. The maximum atomic E-state index is 5.74. The van der Waals surface area contributed by atoms with Gasteiger partial charge in [0.05, 0.1) is 56.4 Å². The van der Waals surface area contributed by atoms with Crippen molar-refractivity contribution < 1.29 is 0 Å². The summed E-state index contributed by atoms with van der Waals surface area (Å²) in [5, 5.41) is 23.4. The number of fused-ring (bicyclic) bond motifs is 9. The number of aromatic nitrogens is 13. The van der Waals surface area contributed by atoms with E-state index in [1.807, 2.05) is 60.7 Å². The first-order chi connectivity index (χ1) is 72.8. The number of hydrogen-bond acceptors (Lipinski definition) is 10. The van der Waals surface area contributed by atoms with Gasteiger partial charge in [-0.05, 0) is 110 Å². The van der Waals surface area contributed by atoms with E-state index in [4.69, 9.17) is 50.2 Å². The third-order valence-corrected chi connectivity index (χ3v) is 28.0. The number of benzene rings is 18. The largest absolute Gasteiger partial charge is 0.231 e. The Kier molecular flexibility index (Phi) is 21.6. The van der Waals surface area contributed by atoms with Crippen molar-refractivity contribution in [2.45, 2.75) is 0 Å². The fourth-order valence-corrected chi connectivity index (χ4v) is 20.8. The molecule has 27 rings (SSSR count). The van der Waals surface area contributed by atoms with E-state index in [9.17, 15) is 0 Å². The van der Waals surface area contributed by atoms with E-state index in [1.165, 1.54) is 0 Å². The summed E-state index contributed by atoms with van der Waals surface area (Å²) in [7, 11) is 0. The molecule has 0 radical (unpaired) electrons. The fraction of sp³-hybridized carbons (Fsp3) is 0. The topological polar surface area (TPSA) is 142 Å². The lowest BCUT2D eigenvalue weighted by Crippen LogP contribution is -2.00. The monoisotopic (exact) mass is 1880 g/mol. The molecule has 0 aliphatic rings. The molecule has 0 spiro atoms. The van der Waals surface area contributed by atoms with Crippen LogP contribution in [0.1, 0.15) is 0 Å². The van der Waals surface area contributed by atoms with Gasteiger partial charge in [0.25, 0.3) is 0 Å². The minimum Gasteiger partial charge on any atom is -0.231 e. The average Bonchev–Trinajstić information content (AvgIpc) is 1.59. The van der Waals surface area contributed by atoms with E-state index in [0.717, 1.165) is 245 Å². The first kappa shape index (κ1) is 86.1. The summed E-state index contributed by atoms with van der Waals surface area (Å²) >= 11 is 0. The summed E-state index contributed by atoms with van der Waals surface area (Å²) in [5.74, 6) is 2.92. The highest BCUT2D eigenvalue weighted by atomic mass is 15.3. The molecular weight excluding hydrogens is 1790 g/mol. The van der Waals surface area contributed by atoms with Crippen molar-refractivity contribution >= 4 is 48.9 Å². The summed E-state index contributed by atoms with van der Waals surface area (Å²) in [5.41, 5.74) is 36.6. The van der Waals surface area contributed by atoms with Gasteiger partial charge in [0.2, 0.25) is 0 Å². The van der Waals surface area contributed by atoms with Crippen LogP contribution in [0, 0.1) is 0 Å². The van der Waals surface area contributed by atoms with Crippen molar-refractivity contribution in [1.82, 2.24) is 63.7 Å². The molecule has 0 bridgehead atoms. The van der Waals surface area contributed by atoms with Gasteiger partial charge in [-0.25, -0.2) is 48.4 Å². The first-order valence-corrected chi connectivity index (χ1v) is 49.4. The van der Waals surface area contributed by atoms with Gasteiger partial charge in [0, 0.05) is 116 Å². The molecule has 0 aliphatic heterocycles. The van der Waals surface area contributed by atoms with Crippen LogP contribution in [0.4, 0.5) is 0 Å². The lowest BCUT2D eigenvalue weighted by Gasteiger charge is -2.13.